The Kier molecular flexibility index (Phi) is 7.16. The molecule has 0 radical (unpaired) electrons. The zero-order valence-corrected chi connectivity index (χ0v) is 13.4. The molecule has 0 amide bonds. The second kappa shape index (κ2) is 8.38. The van der Waals surface area contributed by atoms with Gasteiger partial charge in [0.2, 0.25) is 10.0 Å². The molecule has 1 rings (SSSR count). The molecule has 0 heterocycles. The molecular weight excluding hydrogens is 315 g/mol. The van der Waals surface area contributed by atoms with E-state index in [1.165, 1.54) is 0 Å². The summed E-state index contributed by atoms with van der Waals surface area (Å²) >= 11 is 4.68. The van der Waals surface area contributed by atoms with Gasteiger partial charge in [-0.3, -0.25) is 0 Å². The van der Waals surface area contributed by atoms with Gasteiger partial charge in [-0.15, -0.1) is 0 Å². The third kappa shape index (κ3) is 5.66. The van der Waals surface area contributed by atoms with E-state index in [9.17, 15) is 12.8 Å². The van der Waals surface area contributed by atoms with E-state index < -0.39 is 15.8 Å². The zero-order valence-electron chi connectivity index (χ0n) is 11.8. The van der Waals surface area contributed by atoms with Gasteiger partial charge in [0.1, 0.15) is 10.8 Å². The van der Waals surface area contributed by atoms with E-state index in [4.69, 9.17) is 10.5 Å². The molecule has 0 spiro atoms. The van der Waals surface area contributed by atoms with E-state index in [2.05, 4.69) is 16.9 Å². The van der Waals surface area contributed by atoms with Crippen molar-refractivity contribution in [2.24, 2.45) is 5.73 Å². The normalized spacial score (nSPS) is 11.5. The summed E-state index contributed by atoms with van der Waals surface area (Å²) in [7, 11) is -3.74. The zero-order chi connectivity index (χ0) is 15.9. The lowest BCUT2D eigenvalue weighted by Gasteiger charge is -2.09. The highest BCUT2D eigenvalue weighted by atomic mass is 32.2. The average Bonchev–Trinajstić information content (AvgIpc) is 2.42. The van der Waals surface area contributed by atoms with Gasteiger partial charge in [0.15, 0.2) is 0 Å². The quantitative estimate of drug-likeness (QED) is 0.529. The Hall–Kier alpha value is -1.09. The van der Waals surface area contributed by atoms with Crippen molar-refractivity contribution in [1.82, 2.24) is 4.72 Å². The monoisotopic (exact) mass is 334 g/mol. The van der Waals surface area contributed by atoms with Crippen LogP contribution in [0.2, 0.25) is 0 Å². The van der Waals surface area contributed by atoms with E-state index in [1.54, 1.807) is 0 Å². The number of benzene rings is 1. The van der Waals surface area contributed by atoms with Gasteiger partial charge in [0.25, 0.3) is 0 Å². The van der Waals surface area contributed by atoms with Crippen LogP contribution in [0.4, 0.5) is 4.39 Å². The van der Waals surface area contributed by atoms with Gasteiger partial charge in [-0.2, -0.15) is 0 Å². The largest absolute Gasteiger partial charge is 0.389 e. The number of unbranched alkanes of at least 4 members (excludes halogenated alkanes) is 1. The van der Waals surface area contributed by atoms with Crippen molar-refractivity contribution in [1.29, 1.82) is 0 Å². The maximum Gasteiger partial charge on any atom is 0.240 e. The van der Waals surface area contributed by atoms with Gasteiger partial charge < -0.3 is 10.5 Å². The second-order valence-corrected chi connectivity index (χ2v) is 6.58. The van der Waals surface area contributed by atoms with Crippen LogP contribution in [-0.2, 0) is 14.8 Å². The molecule has 118 valence electrons. The summed E-state index contributed by atoms with van der Waals surface area (Å²) in [4.78, 5) is -0.271. The Bertz CT molecular complexity index is 591. The summed E-state index contributed by atoms with van der Waals surface area (Å²) in [5, 5.41) is 0. The molecule has 0 atom stereocenters. The smallest absolute Gasteiger partial charge is 0.240 e. The van der Waals surface area contributed by atoms with Crippen LogP contribution < -0.4 is 10.5 Å². The van der Waals surface area contributed by atoms with Gasteiger partial charge in [0, 0.05) is 18.7 Å². The highest BCUT2D eigenvalue weighted by Gasteiger charge is 2.16. The molecule has 1 aromatic carbocycles. The number of hydrogen-bond acceptors (Lipinski definition) is 4. The maximum absolute atomic E-state index is 13.4. The minimum atomic E-state index is -3.74. The van der Waals surface area contributed by atoms with Crippen molar-refractivity contribution in [3.8, 4) is 0 Å². The molecule has 0 saturated heterocycles. The Labute approximate surface area is 129 Å². The fourth-order valence-corrected chi connectivity index (χ4v) is 2.74. The minimum absolute atomic E-state index is 0.0831. The van der Waals surface area contributed by atoms with E-state index >= 15 is 0 Å². The van der Waals surface area contributed by atoms with Crippen molar-refractivity contribution in [3.63, 3.8) is 0 Å². The van der Waals surface area contributed by atoms with Crippen LogP contribution in [0, 0.1) is 5.82 Å². The van der Waals surface area contributed by atoms with Gasteiger partial charge >= 0.3 is 0 Å². The fourth-order valence-electron chi connectivity index (χ4n) is 1.54. The van der Waals surface area contributed by atoms with Crippen LogP contribution in [0.1, 0.15) is 25.3 Å². The van der Waals surface area contributed by atoms with Crippen LogP contribution >= 0.6 is 12.2 Å². The maximum atomic E-state index is 13.4. The van der Waals surface area contributed by atoms with Gasteiger partial charge in [0.05, 0.1) is 11.5 Å². The molecule has 8 heteroatoms. The summed E-state index contributed by atoms with van der Waals surface area (Å²) < 4.78 is 45.1. The topological polar surface area (TPSA) is 81.4 Å². The first-order chi connectivity index (χ1) is 9.88. The predicted octanol–water partition coefficient (Wildman–Crippen LogP) is 1.55. The molecule has 0 aliphatic rings. The average molecular weight is 334 g/mol. The third-order valence-corrected chi connectivity index (χ3v) is 4.37. The van der Waals surface area contributed by atoms with Crippen molar-refractivity contribution in [2.45, 2.75) is 24.7 Å². The lowest BCUT2D eigenvalue weighted by molar-refractivity contribution is 0.136. The second-order valence-electron chi connectivity index (χ2n) is 4.37. The van der Waals surface area contributed by atoms with Crippen LogP contribution in [0.3, 0.4) is 0 Å². The van der Waals surface area contributed by atoms with E-state index in [0.717, 1.165) is 31.0 Å². The molecule has 5 nitrogen and oxygen atoms in total. The van der Waals surface area contributed by atoms with Crippen LogP contribution in [0.15, 0.2) is 23.1 Å². The number of ether oxygens (including phenoxy) is 1. The summed E-state index contributed by atoms with van der Waals surface area (Å²) in [5.74, 6) is -0.649. The number of nitrogens with two attached hydrogens (primary N) is 1. The molecule has 0 unspecified atom stereocenters. The minimum Gasteiger partial charge on any atom is -0.389 e. The Morgan fingerprint density at radius 1 is 1.43 bits per heavy atom. The standard InChI is InChI=1S/C13H19FN2O3S2/c1-2-3-7-19-8-6-16-21(17,18)10-4-5-12(14)11(9-10)13(15)20/h4-5,9,16H,2-3,6-8H2,1H3,(H2,15,20). The van der Waals surface area contributed by atoms with Gasteiger partial charge in [-0.05, 0) is 24.6 Å². The molecule has 0 aliphatic carbocycles. The highest BCUT2D eigenvalue weighted by Crippen LogP contribution is 2.15. The molecule has 0 fully saturated rings. The number of hydrogen-bond donors (Lipinski definition) is 2. The number of sulfonamides is 1. The number of nitrogens with one attached hydrogen (secondary N) is 1. The lowest BCUT2D eigenvalue weighted by Crippen LogP contribution is -2.28. The number of halogens is 1. The highest BCUT2D eigenvalue weighted by molar-refractivity contribution is 7.89. The first kappa shape index (κ1) is 18.0. The first-order valence-electron chi connectivity index (χ1n) is 6.55. The molecule has 21 heavy (non-hydrogen) atoms. The summed E-state index contributed by atoms with van der Waals surface area (Å²) in [6, 6.07) is 3.32. The number of rotatable bonds is 9. The third-order valence-electron chi connectivity index (χ3n) is 2.69. The Morgan fingerprint density at radius 2 is 2.14 bits per heavy atom. The van der Waals surface area contributed by atoms with E-state index in [1.807, 2.05) is 6.92 Å². The van der Waals surface area contributed by atoms with Crippen molar-refractivity contribution < 1.29 is 17.5 Å². The lowest BCUT2D eigenvalue weighted by atomic mass is 10.2. The van der Waals surface area contributed by atoms with Crippen LogP contribution in [0.25, 0.3) is 0 Å². The molecular formula is C13H19FN2O3S2. The molecule has 1 aromatic rings. The van der Waals surface area contributed by atoms with E-state index in [0.29, 0.717) is 6.61 Å². The summed E-state index contributed by atoms with van der Waals surface area (Å²) in [6.45, 7) is 3.06. The summed E-state index contributed by atoms with van der Waals surface area (Å²) in [6.07, 6.45) is 1.95. The summed E-state index contributed by atoms with van der Waals surface area (Å²) in [5.41, 5.74) is 5.26. The number of thiocarbonyl (C=S) groups is 1. The first-order valence-corrected chi connectivity index (χ1v) is 8.44. The van der Waals surface area contributed by atoms with Crippen molar-refractivity contribution in [3.05, 3.63) is 29.6 Å². The van der Waals surface area contributed by atoms with Gasteiger partial charge in [-0.1, -0.05) is 25.6 Å². The fraction of sp³-hybridized carbons (Fsp3) is 0.462. The SMILES string of the molecule is CCCCOCCNS(=O)(=O)c1ccc(F)c(C(N)=S)c1. The predicted molar refractivity (Wildman–Crippen MR) is 83.2 cm³/mol. The van der Waals surface area contributed by atoms with Crippen LogP contribution in [0.5, 0.6) is 0 Å². The van der Waals surface area contributed by atoms with Crippen molar-refractivity contribution in [2.75, 3.05) is 19.8 Å². The van der Waals surface area contributed by atoms with Crippen molar-refractivity contribution >= 4 is 27.2 Å². The Morgan fingerprint density at radius 3 is 2.76 bits per heavy atom. The molecule has 0 saturated carbocycles. The van der Waals surface area contributed by atoms with Crippen LogP contribution in [-0.4, -0.2) is 33.2 Å². The van der Waals surface area contributed by atoms with E-state index in [-0.39, 0.29) is 28.6 Å². The molecule has 0 aromatic heterocycles. The Balaban J connectivity index is 2.66. The molecule has 0 bridgehead atoms. The molecule has 0 aliphatic heterocycles. The van der Waals surface area contributed by atoms with Gasteiger partial charge in [-0.25, -0.2) is 17.5 Å². The molecule has 3 N–H and O–H groups in total.